The van der Waals surface area contributed by atoms with Crippen LogP contribution < -0.4 is 5.32 Å². The first-order valence-corrected chi connectivity index (χ1v) is 7.81. The van der Waals surface area contributed by atoms with E-state index in [0.717, 1.165) is 33.3 Å². The highest BCUT2D eigenvalue weighted by Crippen LogP contribution is 2.31. The smallest absolute Gasteiger partial charge is 0.135 e. The molecule has 2 aromatic heterocycles. The third kappa shape index (κ3) is 2.17. The van der Waals surface area contributed by atoms with Gasteiger partial charge in [0.25, 0.3) is 0 Å². The Labute approximate surface area is 126 Å². The Morgan fingerprint density at radius 3 is 2.81 bits per heavy atom. The summed E-state index contributed by atoms with van der Waals surface area (Å²) in [6.45, 7) is 2.12. The van der Waals surface area contributed by atoms with Gasteiger partial charge in [-0.3, -0.25) is 0 Å². The lowest BCUT2D eigenvalue weighted by atomic mass is 10.1. The first kappa shape index (κ1) is 12.4. The molecule has 4 rings (SSSR count). The van der Waals surface area contributed by atoms with Crippen LogP contribution >= 0.6 is 11.3 Å². The molecule has 0 aliphatic rings. The van der Waals surface area contributed by atoms with Crippen LogP contribution in [0.15, 0.2) is 57.8 Å². The minimum Gasteiger partial charge on any atom is -0.456 e. The number of aromatic nitrogens is 1. The second kappa shape index (κ2) is 4.90. The number of para-hydroxylation sites is 1. The van der Waals surface area contributed by atoms with Gasteiger partial charge in [0.05, 0.1) is 17.2 Å². The number of hydrogen-bond acceptors (Lipinski definition) is 4. The van der Waals surface area contributed by atoms with Crippen LogP contribution in [-0.4, -0.2) is 4.98 Å². The van der Waals surface area contributed by atoms with Gasteiger partial charge in [0.1, 0.15) is 11.2 Å². The molecule has 4 heteroatoms. The summed E-state index contributed by atoms with van der Waals surface area (Å²) in [6, 6.07) is 14.5. The maximum Gasteiger partial charge on any atom is 0.135 e. The molecule has 3 nitrogen and oxygen atoms in total. The normalized spacial score (nSPS) is 12.8. The summed E-state index contributed by atoms with van der Waals surface area (Å²) in [5, 5.41) is 7.86. The number of nitrogens with zero attached hydrogens (tertiary/aromatic N) is 1. The van der Waals surface area contributed by atoms with E-state index in [1.54, 1.807) is 11.3 Å². The van der Waals surface area contributed by atoms with E-state index in [9.17, 15) is 0 Å². The maximum absolute atomic E-state index is 5.85. The Bertz CT molecular complexity index is 896. The zero-order valence-corrected chi connectivity index (χ0v) is 12.4. The van der Waals surface area contributed by atoms with E-state index in [-0.39, 0.29) is 6.04 Å². The van der Waals surface area contributed by atoms with Crippen LogP contribution in [0.4, 0.5) is 5.69 Å². The Balaban J connectivity index is 1.74. The second-order valence-corrected chi connectivity index (χ2v) is 5.81. The largest absolute Gasteiger partial charge is 0.456 e. The van der Waals surface area contributed by atoms with E-state index >= 15 is 0 Å². The van der Waals surface area contributed by atoms with Gasteiger partial charge in [-0.15, -0.1) is 11.3 Å². The third-order valence-corrected chi connectivity index (χ3v) is 4.26. The van der Waals surface area contributed by atoms with Gasteiger partial charge < -0.3 is 9.73 Å². The van der Waals surface area contributed by atoms with Crippen molar-refractivity contribution in [2.24, 2.45) is 0 Å². The number of hydrogen-bond donors (Lipinski definition) is 1. The van der Waals surface area contributed by atoms with Crippen LogP contribution in [-0.2, 0) is 0 Å². The molecule has 0 saturated heterocycles. The lowest BCUT2D eigenvalue weighted by Gasteiger charge is -2.12. The minimum atomic E-state index is 0.187. The lowest BCUT2D eigenvalue weighted by Crippen LogP contribution is -2.06. The molecular formula is C17H14N2OS. The summed E-state index contributed by atoms with van der Waals surface area (Å²) >= 11 is 1.62. The summed E-state index contributed by atoms with van der Waals surface area (Å²) in [5.41, 5.74) is 5.85. The molecule has 0 spiro atoms. The number of fused-ring (bicyclic) bond motifs is 3. The molecular weight excluding hydrogens is 280 g/mol. The number of benzene rings is 2. The van der Waals surface area contributed by atoms with Crippen LogP contribution in [0.25, 0.3) is 21.9 Å². The van der Waals surface area contributed by atoms with E-state index < -0.39 is 0 Å². The van der Waals surface area contributed by atoms with Crippen LogP contribution in [0.1, 0.15) is 18.7 Å². The Kier molecular flexibility index (Phi) is 2.89. The van der Waals surface area contributed by atoms with E-state index in [2.05, 4.69) is 34.7 Å². The first-order valence-electron chi connectivity index (χ1n) is 6.87. The molecule has 4 aromatic rings. The number of nitrogens with one attached hydrogen (secondary N) is 1. The van der Waals surface area contributed by atoms with E-state index in [0.29, 0.717) is 0 Å². The number of furan rings is 1. The zero-order chi connectivity index (χ0) is 14.2. The quantitative estimate of drug-likeness (QED) is 0.563. The van der Waals surface area contributed by atoms with Crippen LogP contribution in [0.3, 0.4) is 0 Å². The van der Waals surface area contributed by atoms with Crippen molar-refractivity contribution in [3.63, 3.8) is 0 Å². The number of anilines is 1. The van der Waals surface area contributed by atoms with Crippen molar-refractivity contribution in [2.45, 2.75) is 13.0 Å². The predicted octanol–water partition coefficient (Wildman–Crippen LogP) is 5.22. The molecule has 0 fully saturated rings. The highest BCUT2D eigenvalue weighted by Gasteiger charge is 2.10. The van der Waals surface area contributed by atoms with E-state index in [1.165, 1.54) is 0 Å². The SMILES string of the molecule is CC(Nc1ccc2oc3ccccc3c2c1)c1cscn1. The van der Waals surface area contributed by atoms with Gasteiger partial charge in [0, 0.05) is 21.8 Å². The lowest BCUT2D eigenvalue weighted by molar-refractivity contribution is 0.669. The number of thiazole rings is 1. The second-order valence-electron chi connectivity index (χ2n) is 5.09. The van der Waals surface area contributed by atoms with Crippen LogP contribution in [0.5, 0.6) is 0 Å². The zero-order valence-electron chi connectivity index (χ0n) is 11.5. The van der Waals surface area contributed by atoms with E-state index in [4.69, 9.17) is 4.42 Å². The average Bonchev–Trinajstić information content (AvgIpc) is 3.14. The minimum absolute atomic E-state index is 0.187. The molecule has 2 aromatic carbocycles. The van der Waals surface area contributed by atoms with Gasteiger partial charge in [0.15, 0.2) is 0 Å². The summed E-state index contributed by atoms with van der Waals surface area (Å²) in [4.78, 5) is 4.35. The first-order chi connectivity index (χ1) is 10.3. The van der Waals surface area contributed by atoms with Gasteiger partial charge in [-0.05, 0) is 31.2 Å². The predicted molar refractivity (Wildman–Crippen MR) is 87.9 cm³/mol. The third-order valence-electron chi connectivity index (χ3n) is 3.65. The van der Waals surface area contributed by atoms with Crippen LogP contribution in [0, 0.1) is 0 Å². The summed E-state index contributed by atoms with van der Waals surface area (Å²) in [7, 11) is 0. The molecule has 1 unspecified atom stereocenters. The molecule has 104 valence electrons. The van der Waals surface area contributed by atoms with Gasteiger partial charge in [-0.1, -0.05) is 18.2 Å². The molecule has 1 N–H and O–H groups in total. The highest BCUT2D eigenvalue weighted by atomic mass is 32.1. The highest BCUT2D eigenvalue weighted by molar-refractivity contribution is 7.07. The van der Waals surface area contributed by atoms with Gasteiger partial charge in [-0.2, -0.15) is 0 Å². The molecule has 21 heavy (non-hydrogen) atoms. The van der Waals surface area contributed by atoms with Crippen molar-refractivity contribution in [2.75, 3.05) is 5.32 Å². The molecule has 0 bridgehead atoms. The fraction of sp³-hybridized carbons (Fsp3) is 0.118. The van der Waals surface area contributed by atoms with Gasteiger partial charge in [0.2, 0.25) is 0 Å². The van der Waals surface area contributed by atoms with Gasteiger partial charge in [-0.25, -0.2) is 4.98 Å². The van der Waals surface area contributed by atoms with Crippen molar-refractivity contribution in [3.05, 3.63) is 59.0 Å². The Morgan fingerprint density at radius 1 is 1.10 bits per heavy atom. The topological polar surface area (TPSA) is 38.1 Å². The van der Waals surface area contributed by atoms with Crippen molar-refractivity contribution >= 4 is 39.0 Å². The standard InChI is InChI=1S/C17H14N2OS/c1-11(15-9-21-10-18-15)19-12-6-7-17-14(8-12)13-4-2-3-5-16(13)20-17/h2-11,19H,1H3. The fourth-order valence-electron chi connectivity index (χ4n) is 2.58. The van der Waals surface area contributed by atoms with Crippen molar-refractivity contribution in [1.82, 2.24) is 4.98 Å². The Hall–Kier alpha value is -2.33. The summed E-state index contributed by atoms with van der Waals surface area (Å²) in [5.74, 6) is 0. The van der Waals surface area contributed by atoms with E-state index in [1.807, 2.05) is 35.8 Å². The fourth-order valence-corrected chi connectivity index (χ4v) is 3.22. The van der Waals surface area contributed by atoms with Crippen molar-refractivity contribution in [3.8, 4) is 0 Å². The maximum atomic E-state index is 5.85. The monoisotopic (exact) mass is 294 g/mol. The van der Waals surface area contributed by atoms with Gasteiger partial charge >= 0.3 is 0 Å². The Morgan fingerprint density at radius 2 is 1.95 bits per heavy atom. The molecule has 0 saturated carbocycles. The summed E-state index contributed by atoms with van der Waals surface area (Å²) in [6.07, 6.45) is 0. The van der Waals surface area contributed by atoms with Crippen molar-refractivity contribution < 1.29 is 4.42 Å². The molecule has 0 aliphatic heterocycles. The molecule has 2 heterocycles. The molecule has 0 aliphatic carbocycles. The number of rotatable bonds is 3. The van der Waals surface area contributed by atoms with Crippen molar-refractivity contribution in [1.29, 1.82) is 0 Å². The average molecular weight is 294 g/mol. The summed E-state index contributed by atoms with van der Waals surface area (Å²) < 4.78 is 5.85. The van der Waals surface area contributed by atoms with Crippen LogP contribution in [0.2, 0.25) is 0 Å². The molecule has 0 amide bonds. The molecule has 1 atom stereocenters. The molecule has 0 radical (unpaired) electrons.